The monoisotopic (exact) mass is 186 g/mol. The zero-order chi connectivity index (χ0) is 9.68. The van der Waals surface area contributed by atoms with E-state index >= 15 is 0 Å². The van der Waals surface area contributed by atoms with E-state index in [4.69, 9.17) is 9.47 Å². The van der Waals surface area contributed by atoms with Crippen LogP contribution in [-0.2, 0) is 19.1 Å². The maximum absolute atomic E-state index is 10.8. The largest absolute Gasteiger partial charge is 0.460 e. The average Bonchev–Trinajstić information content (AvgIpc) is 2.54. The van der Waals surface area contributed by atoms with Crippen molar-refractivity contribution in [2.24, 2.45) is 0 Å². The Morgan fingerprint density at radius 2 is 2.54 bits per heavy atom. The summed E-state index contributed by atoms with van der Waals surface area (Å²) in [6.45, 7) is 0. The number of aldehydes is 1. The second kappa shape index (κ2) is 4.97. The fraction of sp³-hybridized carbons (Fsp3) is 0.778. The second-order valence-electron chi connectivity index (χ2n) is 3.09. The molecular weight excluding hydrogens is 172 g/mol. The van der Waals surface area contributed by atoms with E-state index in [9.17, 15) is 9.59 Å². The predicted molar refractivity (Wildman–Crippen MR) is 45.2 cm³/mol. The van der Waals surface area contributed by atoms with Gasteiger partial charge in [0.2, 0.25) is 0 Å². The molecule has 74 valence electrons. The molecule has 1 aliphatic heterocycles. The van der Waals surface area contributed by atoms with E-state index < -0.39 is 0 Å². The number of carbonyl (C=O) groups excluding carboxylic acids is 2. The number of carbonyl (C=O) groups is 2. The quantitative estimate of drug-likeness (QED) is 0.468. The zero-order valence-electron chi connectivity index (χ0n) is 7.69. The Bertz CT molecular complexity index is 190. The molecule has 13 heavy (non-hydrogen) atoms. The first-order chi connectivity index (χ1) is 6.27. The van der Waals surface area contributed by atoms with Crippen molar-refractivity contribution in [2.75, 3.05) is 7.11 Å². The van der Waals surface area contributed by atoms with Crippen LogP contribution in [0.5, 0.6) is 0 Å². The van der Waals surface area contributed by atoms with Gasteiger partial charge in [0.05, 0.1) is 6.10 Å². The van der Waals surface area contributed by atoms with Crippen molar-refractivity contribution in [2.45, 2.75) is 37.9 Å². The van der Waals surface area contributed by atoms with Crippen LogP contribution in [0.1, 0.15) is 25.7 Å². The van der Waals surface area contributed by atoms with Gasteiger partial charge in [-0.2, -0.15) is 0 Å². The third kappa shape index (κ3) is 2.81. The van der Waals surface area contributed by atoms with Crippen LogP contribution in [-0.4, -0.2) is 31.6 Å². The maximum atomic E-state index is 10.8. The molecule has 0 saturated carbocycles. The highest BCUT2D eigenvalue weighted by Crippen LogP contribution is 2.21. The lowest BCUT2D eigenvalue weighted by atomic mass is 10.1. The summed E-state index contributed by atoms with van der Waals surface area (Å²) in [5.74, 6) is -0.168. The van der Waals surface area contributed by atoms with Crippen molar-refractivity contribution < 1.29 is 19.1 Å². The highest BCUT2D eigenvalue weighted by Gasteiger charge is 2.30. The van der Waals surface area contributed by atoms with E-state index in [0.717, 1.165) is 6.29 Å². The van der Waals surface area contributed by atoms with Crippen molar-refractivity contribution in [3.05, 3.63) is 0 Å². The van der Waals surface area contributed by atoms with Crippen LogP contribution in [0.15, 0.2) is 0 Å². The Kier molecular flexibility index (Phi) is 3.89. The van der Waals surface area contributed by atoms with Crippen molar-refractivity contribution in [1.82, 2.24) is 0 Å². The summed E-state index contributed by atoms with van der Waals surface area (Å²) < 4.78 is 10.2. The van der Waals surface area contributed by atoms with E-state index in [0.29, 0.717) is 25.7 Å². The van der Waals surface area contributed by atoms with Crippen LogP contribution < -0.4 is 0 Å². The van der Waals surface area contributed by atoms with Crippen LogP contribution in [0.4, 0.5) is 0 Å². The molecule has 0 aromatic carbocycles. The van der Waals surface area contributed by atoms with Gasteiger partial charge < -0.3 is 14.3 Å². The fourth-order valence-electron chi connectivity index (χ4n) is 1.50. The minimum Gasteiger partial charge on any atom is -0.460 e. The third-order valence-corrected chi connectivity index (χ3v) is 2.20. The molecule has 4 nitrogen and oxygen atoms in total. The molecular formula is C9H14O4. The number of rotatable bonds is 5. The van der Waals surface area contributed by atoms with E-state index in [-0.39, 0.29) is 18.2 Å². The highest BCUT2D eigenvalue weighted by atomic mass is 16.6. The molecule has 2 unspecified atom stereocenters. The van der Waals surface area contributed by atoms with Crippen LogP contribution >= 0.6 is 0 Å². The molecule has 2 atom stereocenters. The van der Waals surface area contributed by atoms with Gasteiger partial charge in [-0.1, -0.05) is 0 Å². The minimum atomic E-state index is -0.168. The van der Waals surface area contributed by atoms with Gasteiger partial charge in [-0.15, -0.1) is 0 Å². The van der Waals surface area contributed by atoms with E-state index in [1.807, 2.05) is 0 Å². The predicted octanol–water partition coefficient (Wildman–Crippen LogP) is 0.686. The van der Waals surface area contributed by atoms with Crippen molar-refractivity contribution in [1.29, 1.82) is 0 Å². The molecule has 1 fully saturated rings. The fourth-order valence-corrected chi connectivity index (χ4v) is 1.50. The molecule has 0 amide bonds. The van der Waals surface area contributed by atoms with Crippen LogP contribution in [0.2, 0.25) is 0 Å². The molecule has 1 saturated heterocycles. The average molecular weight is 186 g/mol. The molecule has 0 aromatic rings. The number of ether oxygens (including phenoxy) is 2. The number of methoxy groups -OCH3 is 1. The highest BCUT2D eigenvalue weighted by molar-refractivity contribution is 5.71. The smallest absolute Gasteiger partial charge is 0.306 e. The van der Waals surface area contributed by atoms with Crippen molar-refractivity contribution in [3.63, 3.8) is 0 Å². The first-order valence-corrected chi connectivity index (χ1v) is 4.44. The van der Waals surface area contributed by atoms with Gasteiger partial charge in [0.25, 0.3) is 0 Å². The summed E-state index contributed by atoms with van der Waals surface area (Å²) in [6, 6.07) is 0. The first kappa shape index (κ1) is 10.2. The number of hydrogen-bond donors (Lipinski definition) is 0. The molecule has 0 aliphatic carbocycles. The SMILES string of the molecule is COC(CCC=O)C1CCC(=O)O1. The number of hydrogen-bond acceptors (Lipinski definition) is 4. The Morgan fingerprint density at radius 3 is 3.00 bits per heavy atom. The summed E-state index contributed by atoms with van der Waals surface area (Å²) in [4.78, 5) is 20.9. The minimum absolute atomic E-state index is 0.128. The Morgan fingerprint density at radius 1 is 1.77 bits per heavy atom. The molecule has 1 rings (SSSR count). The van der Waals surface area contributed by atoms with Crippen LogP contribution in [0, 0.1) is 0 Å². The van der Waals surface area contributed by atoms with E-state index in [2.05, 4.69) is 0 Å². The Balaban J connectivity index is 2.37. The van der Waals surface area contributed by atoms with Gasteiger partial charge in [0.1, 0.15) is 12.4 Å². The maximum Gasteiger partial charge on any atom is 0.306 e. The van der Waals surface area contributed by atoms with Gasteiger partial charge in [0.15, 0.2) is 0 Å². The third-order valence-electron chi connectivity index (χ3n) is 2.20. The van der Waals surface area contributed by atoms with Gasteiger partial charge in [0, 0.05) is 20.0 Å². The summed E-state index contributed by atoms with van der Waals surface area (Å²) in [5, 5.41) is 0. The summed E-state index contributed by atoms with van der Waals surface area (Å²) >= 11 is 0. The van der Waals surface area contributed by atoms with E-state index in [1.165, 1.54) is 0 Å². The van der Waals surface area contributed by atoms with Crippen molar-refractivity contribution >= 4 is 12.3 Å². The number of cyclic esters (lactones) is 1. The molecule has 0 spiro atoms. The first-order valence-electron chi connectivity index (χ1n) is 4.44. The van der Waals surface area contributed by atoms with E-state index in [1.54, 1.807) is 7.11 Å². The molecule has 0 aromatic heterocycles. The number of esters is 1. The molecule has 4 heteroatoms. The Hall–Kier alpha value is -0.900. The Labute approximate surface area is 77.2 Å². The zero-order valence-corrected chi connectivity index (χ0v) is 7.69. The van der Waals surface area contributed by atoms with Gasteiger partial charge in [-0.05, 0) is 12.8 Å². The summed E-state index contributed by atoms with van der Waals surface area (Å²) in [7, 11) is 1.57. The normalized spacial score (nSPS) is 24.1. The standard InChI is InChI=1S/C9H14O4/c1-12-7(3-2-6-10)8-4-5-9(11)13-8/h6-8H,2-5H2,1H3. The molecule has 1 aliphatic rings. The van der Waals surface area contributed by atoms with Crippen LogP contribution in [0.3, 0.4) is 0 Å². The van der Waals surface area contributed by atoms with Crippen molar-refractivity contribution in [3.8, 4) is 0 Å². The molecule has 1 heterocycles. The summed E-state index contributed by atoms with van der Waals surface area (Å²) in [6.07, 6.45) is 2.81. The van der Waals surface area contributed by atoms with Gasteiger partial charge in [-0.25, -0.2) is 0 Å². The lowest BCUT2D eigenvalue weighted by Gasteiger charge is -2.19. The van der Waals surface area contributed by atoms with Gasteiger partial charge >= 0.3 is 5.97 Å². The lowest BCUT2D eigenvalue weighted by molar-refractivity contribution is -0.146. The lowest BCUT2D eigenvalue weighted by Crippen LogP contribution is -2.27. The van der Waals surface area contributed by atoms with Gasteiger partial charge in [-0.3, -0.25) is 4.79 Å². The summed E-state index contributed by atoms with van der Waals surface area (Å²) in [5.41, 5.74) is 0. The van der Waals surface area contributed by atoms with Crippen LogP contribution in [0.25, 0.3) is 0 Å². The topological polar surface area (TPSA) is 52.6 Å². The second-order valence-corrected chi connectivity index (χ2v) is 3.09. The molecule has 0 radical (unpaired) electrons. The molecule has 0 bridgehead atoms. The molecule has 0 N–H and O–H groups in total.